The molecule has 0 aromatic heterocycles. The first-order valence-corrected chi connectivity index (χ1v) is 7.32. The summed E-state index contributed by atoms with van der Waals surface area (Å²) in [6.45, 7) is 7.25. The Bertz CT molecular complexity index is 507. The van der Waals surface area contributed by atoms with Crippen molar-refractivity contribution in [1.82, 2.24) is 0 Å². The molecule has 0 saturated carbocycles. The number of hydrogen-bond donors (Lipinski definition) is 0. The summed E-state index contributed by atoms with van der Waals surface area (Å²) in [6.07, 6.45) is 0.143. The van der Waals surface area contributed by atoms with Crippen LogP contribution < -0.4 is 0 Å². The van der Waals surface area contributed by atoms with Gasteiger partial charge in [0.2, 0.25) is 0 Å². The smallest absolute Gasteiger partial charge is 0.323 e. The second-order valence-corrected chi connectivity index (χ2v) is 5.45. The molecular formula is C16H21ClO4. The maximum Gasteiger partial charge on any atom is 0.323 e. The predicted molar refractivity (Wildman–Crippen MR) is 81.3 cm³/mol. The van der Waals surface area contributed by atoms with Crippen LogP contribution in [-0.4, -0.2) is 25.2 Å². The second-order valence-electron chi connectivity index (χ2n) is 5.04. The Kier molecular flexibility index (Phi) is 6.21. The van der Waals surface area contributed by atoms with Crippen LogP contribution in [0.25, 0.3) is 0 Å². The molecule has 0 saturated heterocycles. The first kappa shape index (κ1) is 17.5. The topological polar surface area (TPSA) is 52.6 Å². The average molecular weight is 313 g/mol. The number of ether oxygens (including phenoxy) is 2. The molecule has 21 heavy (non-hydrogen) atoms. The van der Waals surface area contributed by atoms with Gasteiger partial charge in [-0.15, -0.1) is 0 Å². The molecule has 0 fully saturated rings. The summed E-state index contributed by atoms with van der Waals surface area (Å²) in [5, 5.41) is 0.523. The van der Waals surface area contributed by atoms with Crippen LogP contribution in [-0.2, 0) is 25.5 Å². The lowest BCUT2D eigenvalue weighted by atomic mass is 9.83. The molecule has 0 amide bonds. The lowest BCUT2D eigenvalue weighted by Crippen LogP contribution is -2.41. The van der Waals surface area contributed by atoms with Gasteiger partial charge in [-0.2, -0.15) is 0 Å². The fourth-order valence-electron chi connectivity index (χ4n) is 1.99. The minimum atomic E-state index is -1.40. The van der Waals surface area contributed by atoms with Gasteiger partial charge in [0, 0.05) is 11.4 Å². The summed E-state index contributed by atoms with van der Waals surface area (Å²) in [6, 6.07) is 5.50. The molecule has 0 heterocycles. The van der Waals surface area contributed by atoms with Crippen molar-refractivity contribution in [2.45, 2.75) is 34.1 Å². The summed E-state index contributed by atoms with van der Waals surface area (Å²) in [4.78, 5) is 24.4. The van der Waals surface area contributed by atoms with E-state index in [1.807, 2.05) is 19.1 Å². The van der Waals surface area contributed by atoms with Gasteiger partial charge in [0.15, 0.2) is 5.41 Å². The van der Waals surface area contributed by atoms with Gasteiger partial charge >= 0.3 is 11.9 Å². The summed E-state index contributed by atoms with van der Waals surface area (Å²) < 4.78 is 10.1. The molecule has 116 valence electrons. The van der Waals surface area contributed by atoms with Crippen LogP contribution in [0, 0.1) is 12.3 Å². The molecule has 1 aromatic carbocycles. The Morgan fingerprint density at radius 2 is 1.67 bits per heavy atom. The molecular weight excluding hydrogens is 292 g/mol. The van der Waals surface area contributed by atoms with E-state index >= 15 is 0 Å². The van der Waals surface area contributed by atoms with Gasteiger partial charge in [-0.1, -0.05) is 23.7 Å². The number of carbonyl (C=O) groups is 2. The van der Waals surface area contributed by atoms with E-state index < -0.39 is 17.4 Å². The van der Waals surface area contributed by atoms with Gasteiger partial charge in [-0.25, -0.2) is 0 Å². The summed E-state index contributed by atoms with van der Waals surface area (Å²) in [5.74, 6) is -1.19. The van der Waals surface area contributed by atoms with E-state index in [1.54, 1.807) is 19.9 Å². The SMILES string of the molecule is CCOC(=O)C(C)(Cc1ccc(C)cc1Cl)C(=O)OCC. The molecule has 1 rings (SSSR count). The van der Waals surface area contributed by atoms with E-state index in [1.165, 1.54) is 6.92 Å². The maximum absolute atomic E-state index is 12.2. The number of esters is 2. The van der Waals surface area contributed by atoms with Gasteiger partial charge in [0.25, 0.3) is 0 Å². The molecule has 0 radical (unpaired) electrons. The van der Waals surface area contributed by atoms with Crippen molar-refractivity contribution in [3.63, 3.8) is 0 Å². The van der Waals surface area contributed by atoms with Gasteiger partial charge < -0.3 is 9.47 Å². The molecule has 0 N–H and O–H groups in total. The highest BCUT2D eigenvalue weighted by Crippen LogP contribution is 2.30. The standard InChI is InChI=1S/C16H21ClO4/c1-5-20-14(18)16(4,15(19)21-6-2)10-12-8-7-11(3)9-13(12)17/h7-9H,5-6,10H2,1-4H3. The Morgan fingerprint density at radius 1 is 1.14 bits per heavy atom. The number of benzene rings is 1. The normalized spacial score (nSPS) is 11.1. The van der Waals surface area contributed by atoms with Crippen molar-refractivity contribution in [2.24, 2.45) is 5.41 Å². The largest absolute Gasteiger partial charge is 0.465 e. The molecule has 0 atom stereocenters. The zero-order valence-corrected chi connectivity index (χ0v) is 13.6. The van der Waals surface area contributed by atoms with E-state index in [4.69, 9.17) is 21.1 Å². The van der Waals surface area contributed by atoms with E-state index in [0.29, 0.717) is 10.6 Å². The molecule has 0 bridgehead atoms. The molecule has 1 aromatic rings. The first-order valence-electron chi connectivity index (χ1n) is 6.94. The summed E-state index contributed by atoms with van der Waals surface area (Å²) >= 11 is 6.19. The van der Waals surface area contributed by atoms with Crippen molar-refractivity contribution < 1.29 is 19.1 Å². The number of halogens is 1. The minimum Gasteiger partial charge on any atom is -0.465 e. The van der Waals surface area contributed by atoms with Gasteiger partial charge in [-0.05, 0) is 44.9 Å². The van der Waals surface area contributed by atoms with Crippen molar-refractivity contribution in [2.75, 3.05) is 13.2 Å². The van der Waals surface area contributed by atoms with Crippen molar-refractivity contribution >= 4 is 23.5 Å². The fourth-order valence-corrected chi connectivity index (χ4v) is 2.29. The number of hydrogen-bond acceptors (Lipinski definition) is 4. The third kappa shape index (κ3) is 4.21. The quantitative estimate of drug-likeness (QED) is 0.597. The van der Waals surface area contributed by atoms with E-state index in [9.17, 15) is 9.59 Å². The van der Waals surface area contributed by atoms with Crippen molar-refractivity contribution in [3.8, 4) is 0 Å². The maximum atomic E-state index is 12.2. The molecule has 5 heteroatoms. The lowest BCUT2D eigenvalue weighted by molar-refractivity contribution is -0.170. The van der Waals surface area contributed by atoms with E-state index in [-0.39, 0.29) is 19.6 Å². The van der Waals surface area contributed by atoms with Crippen LogP contribution in [0.5, 0.6) is 0 Å². The Labute approximate surface area is 130 Å². The van der Waals surface area contributed by atoms with Gasteiger partial charge in [0.1, 0.15) is 0 Å². The van der Waals surface area contributed by atoms with Crippen molar-refractivity contribution in [3.05, 3.63) is 34.3 Å². The molecule has 0 aliphatic carbocycles. The van der Waals surface area contributed by atoms with Crippen LogP contribution in [0.4, 0.5) is 0 Å². The molecule has 0 spiro atoms. The lowest BCUT2D eigenvalue weighted by Gasteiger charge is -2.25. The van der Waals surface area contributed by atoms with E-state index in [2.05, 4.69) is 0 Å². The molecule has 0 unspecified atom stereocenters. The number of carbonyl (C=O) groups excluding carboxylic acids is 2. The highest BCUT2D eigenvalue weighted by atomic mass is 35.5. The number of aryl methyl sites for hydroxylation is 1. The van der Waals surface area contributed by atoms with Crippen LogP contribution in [0.1, 0.15) is 31.9 Å². The van der Waals surface area contributed by atoms with Crippen LogP contribution >= 0.6 is 11.6 Å². The monoisotopic (exact) mass is 312 g/mol. The molecule has 4 nitrogen and oxygen atoms in total. The fraction of sp³-hybridized carbons (Fsp3) is 0.500. The third-order valence-corrected chi connectivity index (χ3v) is 3.56. The Balaban J connectivity index is 3.12. The average Bonchev–Trinajstić information content (AvgIpc) is 2.42. The zero-order chi connectivity index (χ0) is 16.0. The second kappa shape index (κ2) is 7.46. The first-order chi connectivity index (χ1) is 9.85. The zero-order valence-electron chi connectivity index (χ0n) is 12.9. The highest BCUT2D eigenvalue weighted by molar-refractivity contribution is 6.31. The highest BCUT2D eigenvalue weighted by Gasteiger charge is 2.44. The van der Waals surface area contributed by atoms with Crippen LogP contribution in [0.3, 0.4) is 0 Å². The Morgan fingerprint density at radius 3 is 2.10 bits per heavy atom. The van der Waals surface area contributed by atoms with Crippen LogP contribution in [0.2, 0.25) is 5.02 Å². The predicted octanol–water partition coefficient (Wildman–Crippen LogP) is 3.32. The third-order valence-electron chi connectivity index (χ3n) is 3.20. The molecule has 0 aliphatic heterocycles. The van der Waals surface area contributed by atoms with Crippen molar-refractivity contribution in [1.29, 1.82) is 0 Å². The number of rotatable bonds is 6. The summed E-state index contributed by atoms with van der Waals surface area (Å²) in [5.41, 5.74) is 0.328. The molecule has 0 aliphatic rings. The van der Waals surface area contributed by atoms with E-state index in [0.717, 1.165) is 5.56 Å². The van der Waals surface area contributed by atoms with Crippen LogP contribution in [0.15, 0.2) is 18.2 Å². The van der Waals surface area contributed by atoms with Gasteiger partial charge in [0.05, 0.1) is 13.2 Å². The Hall–Kier alpha value is -1.55. The summed E-state index contributed by atoms with van der Waals surface area (Å²) in [7, 11) is 0. The van der Waals surface area contributed by atoms with Gasteiger partial charge in [-0.3, -0.25) is 9.59 Å². The minimum absolute atomic E-state index is 0.143.